The van der Waals surface area contributed by atoms with E-state index in [9.17, 15) is 9.90 Å². The largest absolute Gasteiger partial charge is 0.479 e. The van der Waals surface area contributed by atoms with E-state index in [4.69, 9.17) is 4.74 Å². The molecule has 0 fully saturated rings. The highest BCUT2D eigenvalue weighted by Gasteiger charge is 2.22. The maximum Gasteiger partial charge on any atom is 0.342 e. The van der Waals surface area contributed by atoms with Crippen molar-refractivity contribution in [1.82, 2.24) is 5.16 Å². The van der Waals surface area contributed by atoms with Crippen LogP contribution < -0.4 is 4.74 Å². The van der Waals surface area contributed by atoms with Crippen molar-refractivity contribution in [3.05, 3.63) is 11.8 Å². The van der Waals surface area contributed by atoms with Crippen molar-refractivity contribution in [3.8, 4) is 5.88 Å². The third-order valence-corrected chi connectivity index (χ3v) is 1.41. The highest BCUT2D eigenvalue weighted by Crippen LogP contribution is 2.18. The second-order valence-corrected chi connectivity index (χ2v) is 2.20. The van der Waals surface area contributed by atoms with Crippen LogP contribution in [0.25, 0.3) is 0 Å². The van der Waals surface area contributed by atoms with Gasteiger partial charge < -0.3 is 19.1 Å². The maximum absolute atomic E-state index is 10.8. The van der Waals surface area contributed by atoms with Crippen molar-refractivity contribution in [3.63, 3.8) is 0 Å². The Morgan fingerprint density at radius 2 is 2.38 bits per heavy atom. The molecule has 0 aliphatic rings. The van der Waals surface area contributed by atoms with E-state index in [1.807, 2.05) is 0 Å². The van der Waals surface area contributed by atoms with Crippen LogP contribution in [0.4, 0.5) is 0 Å². The molecule has 6 nitrogen and oxygen atoms in total. The Balaban J connectivity index is 2.76. The summed E-state index contributed by atoms with van der Waals surface area (Å²) in [7, 11) is 2.56. The third-order valence-electron chi connectivity index (χ3n) is 1.41. The molecule has 0 aromatic carbocycles. The molecule has 1 aromatic rings. The molecule has 1 atom stereocenters. The van der Waals surface area contributed by atoms with Crippen molar-refractivity contribution in [2.24, 2.45) is 0 Å². The molecule has 0 saturated heterocycles. The molecule has 0 aliphatic heterocycles. The van der Waals surface area contributed by atoms with Gasteiger partial charge in [0.15, 0.2) is 5.76 Å². The van der Waals surface area contributed by atoms with E-state index < -0.39 is 12.1 Å². The predicted octanol–water partition coefficient (Wildman–Crippen LogP) is -0.110. The summed E-state index contributed by atoms with van der Waals surface area (Å²) in [5.74, 6) is -0.625. The average molecular weight is 187 g/mol. The van der Waals surface area contributed by atoms with Gasteiger partial charge in [-0.1, -0.05) is 0 Å². The number of ether oxygens (including phenoxy) is 2. The second-order valence-electron chi connectivity index (χ2n) is 2.20. The first-order valence-corrected chi connectivity index (χ1v) is 3.45. The van der Waals surface area contributed by atoms with Crippen molar-refractivity contribution in [2.45, 2.75) is 6.10 Å². The molecule has 1 rings (SSSR count). The fourth-order valence-electron chi connectivity index (χ4n) is 0.725. The lowest BCUT2D eigenvalue weighted by molar-refractivity contribution is -0.151. The molecule has 6 heteroatoms. The van der Waals surface area contributed by atoms with E-state index in [2.05, 4.69) is 14.4 Å². The first-order chi connectivity index (χ1) is 6.19. The van der Waals surface area contributed by atoms with Gasteiger partial charge in [-0.2, -0.15) is 0 Å². The lowest BCUT2D eigenvalue weighted by atomic mass is 10.3. The zero-order valence-corrected chi connectivity index (χ0v) is 7.18. The zero-order valence-electron chi connectivity index (χ0n) is 7.18. The molecule has 0 radical (unpaired) electrons. The van der Waals surface area contributed by atoms with Crippen LogP contribution in [0, 0.1) is 0 Å². The van der Waals surface area contributed by atoms with E-state index >= 15 is 0 Å². The Morgan fingerprint density at radius 1 is 1.69 bits per heavy atom. The average Bonchev–Trinajstić information content (AvgIpc) is 2.63. The zero-order chi connectivity index (χ0) is 9.84. The van der Waals surface area contributed by atoms with Gasteiger partial charge in [-0.3, -0.25) is 0 Å². The topological polar surface area (TPSA) is 81.8 Å². The van der Waals surface area contributed by atoms with Crippen LogP contribution in [0.15, 0.2) is 10.6 Å². The van der Waals surface area contributed by atoms with Crippen molar-refractivity contribution in [1.29, 1.82) is 0 Å². The van der Waals surface area contributed by atoms with E-state index in [-0.39, 0.29) is 11.6 Å². The minimum absolute atomic E-state index is 0.0105. The third kappa shape index (κ3) is 1.97. The van der Waals surface area contributed by atoms with Gasteiger partial charge in [-0.25, -0.2) is 4.79 Å². The number of hydrogen-bond acceptors (Lipinski definition) is 6. The van der Waals surface area contributed by atoms with Gasteiger partial charge in [0, 0.05) is 6.07 Å². The molecule has 1 heterocycles. The number of aromatic nitrogens is 1. The molecular formula is C7H9NO5. The van der Waals surface area contributed by atoms with Gasteiger partial charge in [0.1, 0.15) is 0 Å². The summed E-state index contributed by atoms with van der Waals surface area (Å²) in [6.07, 6.45) is -1.46. The number of esters is 1. The van der Waals surface area contributed by atoms with Crippen molar-refractivity contribution >= 4 is 5.97 Å². The quantitative estimate of drug-likeness (QED) is 0.665. The highest BCUT2D eigenvalue weighted by atomic mass is 16.6. The van der Waals surface area contributed by atoms with Crippen LogP contribution in [-0.4, -0.2) is 30.5 Å². The fourth-order valence-corrected chi connectivity index (χ4v) is 0.725. The summed E-state index contributed by atoms with van der Waals surface area (Å²) in [5, 5.41) is 12.6. The summed E-state index contributed by atoms with van der Waals surface area (Å²) in [6.45, 7) is 0. The van der Waals surface area contributed by atoms with E-state index in [0.29, 0.717) is 0 Å². The molecule has 0 aliphatic carbocycles. The van der Waals surface area contributed by atoms with E-state index in [1.54, 1.807) is 0 Å². The standard InChI is InChI=1S/C7H9NO5/c1-11-5-3-4(13-8-5)6(9)7(10)12-2/h3,6,9H,1-2H3. The molecular weight excluding hydrogens is 178 g/mol. The summed E-state index contributed by atoms with van der Waals surface area (Å²) >= 11 is 0. The molecule has 1 unspecified atom stereocenters. The Kier molecular flexibility index (Phi) is 2.86. The first kappa shape index (κ1) is 9.53. The monoisotopic (exact) mass is 187 g/mol. The van der Waals surface area contributed by atoms with Crippen LogP contribution in [0.5, 0.6) is 5.88 Å². The van der Waals surface area contributed by atoms with Gasteiger partial charge in [0.05, 0.1) is 14.2 Å². The molecule has 0 spiro atoms. The maximum atomic E-state index is 10.8. The molecule has 13 heavy (non-hydrogen) atoms. The number of carbonyl (C=O) groups is 1. The SMILES string of the molecule is COC(=O)C(O)c1cc(OC)no1. The van der Waals surface area contributed by atoms with Crippen LogP contribution >= 0.6 is 0 Å². The Bertz CT molecular complexity index is 295. The Hall–Kier alpha value is -1.56. The van der Waals surface area contributed by atoms with Crippen LogP contribution in [-0.2, 0) is 9.53 Å². The van der Waals surface area contributed by atoms with Crippen LogP contribution in [0.1, 0.15) is 11.9 Å². The van der Waals surface area contributed by atoms with Gasteiger partial charge in [-0.15, -0.1) is 0 Å². The minimum atomic E-state index is -1.46. The number of carbonyl (C=O) groups excluding carboxylic acids is 1. The summed E-state index contributed by atoms with van der Waals surface area (Å²) in [5.41, 5.74) is 0. The number of nitrogens with zero attached hydrogens (tertiary/aromatic N) is 1. The summed E-state index contributed by atoms with van der Waals surface area (Å²) in [4.78, 5) is 10.8. The fraction of sp³-hybridized carbons (Fsp3) is 0.429. The molecule has 72 valence electrons. The highest BCUT2D eigenvalue weighted by molar-refractivity contribution is 5.75. The molecule has 0 bridgehead atoms. The summed E-state index contributed by atoms with van der Waals surface area (Å²) < 4.78 is 13.6. The first-order valence-electron chi connectivity index (χ1n) is 3.45. The number of hydrogen-bond donors (Lipinski definition) is 1. The summed E-state index contributed by atoms with van der Waals surface area (Å²) in [6, 6.07) is 1.31. The van der Waals surface area contributed by atoms with Gasteiger partial charge in [0.25, 0.3) is 5.88 Å². The second kappa shape index (κ2) is 3.90. The number of aliphatic hydroxyl groups is 1. The minimum Gasteiger partial charge on any atom is -0.479 e. The number of rotatable bonds is 3. The van der Waals surface area contributed by atoms with Crippen LogP contribution in [0.2, 0.25) is 0 Å². The Labute approximate surface area is 74.0 Å². The Morgan fingerprint density at radius 3 is 2.85 bits per heavy atom. The van der Waals surface area contributed by atoms with E-state index in [0.717, 1.165) is 0 Å². The molecule has 0 amide bonds. The molecule has 0 saturated carbocycles. The van der Waals surface area contributed by atoms with E-state index in [1.165, 1.54) is 20.3 Å². The van der Waals surface area contributed by atoms with Crippen molar-refractivity contribution in [2.75, 3.05) is 14.2 Å². The molecule has 1 aromatic heterocycles. The predicted molar refractivity (Wildman–Crippen MR) is 40.0 cm³/mol. The van der Waals surface area contributed by atoms with Crippen molar-refractivity contribution < 1.29 is 23.9 Å². The number of aliphatic hydroxyl groups excluding tert-OH is 1. The lowest BCUT2D eigenvalue weighted by Gasteiger charge is -2.01. The van der Waals surface area contributed by atoms with Crippen LogP contribution in [0.3, 0.4) is 0 Å². The lowest BCUT2D eigenvalue weighted by Crippen LogP contribution is -2.12. The smallest absolute Gasteiger partial charge is 0.342 e. The molecule has 1 N–H and O–H groups in total. The normalized spacial score (nSPS) is 12.2. The number of methoxy groups -OCH3 is 2. The van der Waals surface area contributed by atoms with Gasteiger partial charge in [0.2, 0.25) is 6.10 Å². The van der Waals surface area contributed by atoms with Gasteiger partial charge >= 0.3 is 5.97 Å². The van der Waals surface area contributed by atoms with Gasteiger partial charge in [-0.05, 0) is 5.16 Å².